The quantitative estimate of drug-likeness (QED) is 0.722. The molecule has 4 N–H and O–H groups in total. The third kappa shape index (κ3) is 2.55. The lowest BCUT2D eigenvalue weighted by Gasteiger charge is -2.15. The highest BCUT2D eigenvalue weighted by Crippen LogP contribution is 2.24. The molecule has 13 heavy (non-hydrogen) atoms. The number of nitrogens with two attached hydrogens (primary N) is 1. The lowest BCUT2D eigenvalue weighted by Crippen LogP contribution is -2.24. The zero-order valence-corrected chi connectivity index (χ0v) is 9.39. The lowest BCUT2D eigenvalue weighted by atomic mass is 10.0. The van der Waals surface area contributed by atoms with Crippen LogP contribution < -0.4 is 5.73 Å². The minimum absolute atomic E-state index is 0.179. The molecule has 0 amide bonds. The van der Waals surface area contributed by atoms with Gasteiger partial charge in [-0.25, -0.2) is 0 Å². The molecule has 72 valence electrons. The molecule has 0 radical (unpaired) electrons. The summed E-state index contributed by atoms with van der Waals surface area (Å²) in [4.78, 5) is 0. The molecule has 0 saturated carbocycles. The van der Waals surface area contributed by atoms with Gasteiger partial charge in [-0.1, -0.05) is 6.07 Å². The fourth-order valence-corrected chi connectivity index (χ4v) is 1.35. The number of hydrogen-bond acceptors (Lipinski definition) is 3. The number of benzene rings is 1. The second-order valence-electron chi connectivity index (χ2n) is 3.01. The predicted molar refractivity (Wildman–Crippen MR) is 59.4 cm³/mol. The van der Waals surface area contributed by atoms with Crippen LogP contribution in [0, 0.1) is 3.57 Å². The van der Waals surface area contributed by atoms with Crippen molar-refractivity contribution in [1.82, 2.24) is 0 Å². The minimum atomic E-state index is -0.720. The van der Waals surface area contributed by atoms with Gasteiger partial charge in [-0.2, -0.15) is 0 Å². The average molecular weight is 293 g/mol. The maximum Gasteiger partial charge on any atom is 0.129 e. The highest BCUT2D eigenvalue weighted by Gasteiger charge is 2.13. The summed E-state index contributed by atoms with van der Waals surface area (Å²) in [7, 11) is 0. The van der Waals surface area contributed by atoms with Crippen molar-refractivity contribution in [3.8, 4) is 5.75 Å². The normalized spacial score (nSPS) is 15.4. The van der Waals surface area contributed by atoms with Gasteiger partial charge in [0.25, 0.3) is 0 Å². The summed E-state index contributed by atoms with van der Waals surface area (Å²) in [5.41, 5.74) is 6.17. The summed E-state index contributed by atoms with van der Waals surface area (Å²) in [6, 6.07) is 4.71. The van der Waals surface area contributed by atoms with E-state index in [0.717, 1.165) is 3.57 Å². The van der Waals surface area contributed by atoms with Crippen molar-refractivity contribution in [1.29, 1.82) is 0 Å². The van der Waals surface area contributed by atoms with E-state index in [-0.39, 0.29) is 11.8 Å². The number of aromatic hydroxyl groups is 1. The van der Waals surface area contributed by atoms with Crippen molar-refractivity contribution in [3.05, 3.63) is 27.3 Å². The molecule has 0 saturated heterocycles. The molecule has 1 rings (SSSR count). The number of aliphatic hydroxyl groups excluding tert-OH is 1. The maximum absolute atomic E-state index is 9.57. The largest absolute Gasteiger partial charge is 0.507 e. The number of aliphatic hydroxyl groups is 1. The Labute approximate surface area is 90.7 Å². The van der Waals surface area contributed by atoms with E-state index in [1.165, 1.54) is 6.07 Å². The fourth-order valence-electron chi connectivity index (χ4n) is 1.02. The summed E-state index contributed by atoms with van der Waals surface area (Å²) < 4.78 is 0.762. The number of phenols is 1. The molecular weight excluding hydrogens is 281 g/mol. The third-order valence-electron chi connectivity index (χ3n) is 1.81. The lowest BCUT2D eigenvalue weighted by molar-refractivity contribution is 0.153. The zero-order chi connectivity index (χ0) is 10.0. The number of halogens is 1. The van der Waals surface area contributed by atoms with Crippen LogP contribution in [-0.4, -0.2) is 16.3 Å². The van der Waals surface area contributed by atoms with E-state index in [9.17, 15) is 10.2 Å². The highest BCUT2D eigenvalue weighted by molar-refractivity contribution is 14.1. The van der Waals surface area contributed by atoms with Gasteiger partial charge in [-0.3, -0.25) is 0 Å². The van der Waals surface area contributed by atoms with Gasteiger partial charge in [0.05, 0.1) is 9.67 Å². The minimum Gasteiger partial charge on any atom is -0.507 e. The summed E-state index contributed by atoms with van der Waals surface area (Å²) >= 11 is 2.02. The number of rotatable bonds is 2. The third-order valence-corrected chi connectivity index (χ3v) is 2.72. The maximum atomic E-state index is 9.57. The van der Waals surface area contributed by atoms with Crippen molar-refractivity contribution < 1.29 is 10.2 Å². The van der Waals surface area contributed by atoms with Crippen molar-refractivity contribution >= 4 is 22.6 Å². The Hall–Kier alpha value is -0.330. The first kappa shape index (κ1) is 10.7. The van der Waals surface area contributed by atoms with Gasteiger partial charge in [-0.15, -0.1) is 0 Å². The summed E-state index contributed by atoms with van der Waals surface area (Å²) in [6.45, 7) is 1.72. The van der Waals surface area contributed by atoms with Crippen LogP contribution in [0.15, 0.2) is 18.2 Å². The summed E-state index contributed by atoms with van der Waals surface area (Å²) in [5.74, 6) is 0.179. The molecule has 0 aliphatic heterocycles. The first-order valence-electron chi connectivity index (χ1n) is 3.94. The van der Waals surface area contributed by atoms with Crippen LogP contribution in [0.5, 0.6) is 5.75 Å². The van der Waals surface area contributed by atoms with Crippen LogP contribution in [0.1, 0.15) is 18.6 Å². The molecule has 4 heteroatoms. The molecule has 0 unspecified atom stereocenters. The molecule has 0 fully saturated rings. The second kappa shape index (κ2) is 4.26. The van der Waals surface area contributed by atoms with Gasteiger partial charge in [0.15, 0.2) is 0 Å². The van der Waals surface area contributed by atoms with E-state index in [4.69, 9.17) is 5.73 Å². The van der Waals surface area contributed by atoms with Crippen LogP contribution in [-0.2, 0) is 0 Å². The molecule has 2 atom stereocenters. The fraction of sp³-hybridized carbons (Fsp3) is 0.333. The van der Waals surface area contributed by atoms with E-state index in [0.29, 0.717) is 5.56 Å². The van der Waals surface area contributed by atoms with Crippen molar-refractivity contribution in [2.75, 3.05) is 0 Å². The topological polar surface area (TPSA) is 66.5 Å². The van der Waals surface area contributed by atoms with E-state index in [2.05, 4.69) is 0 Å². The molecule has 0 heterocycles. The Morgan fingerprint density at radius 3 is 2.54 bits per heavy atom. The second-order valence-corrected chi connectivity index (χ2v) is 4.18. The van der Waals surface area contributed by atoms with Crippen molar-refractivity contribution in [2.45, 2.75) is 19.1 Å². The van der Waals surface area contributed by atoms with Gasteiger partial charge in [0, 0.05) is 6.04 Å². The SMILES string of the molecule is C[C@H](N)[C@H](O)c1ccc(I)c(O)c1. The molecule has 3 nitrogen and oxygen atoms in total. The number of phenolic OH excluding ortho intramolecular Hbond substituents is 1. The van der Waals surface area contributed by atoms with Crippen LogP contribution in [0.3, 0.4) is 0 Å². The summed E-state index contributed by atoms with van der Waals surface area (Å²) in [5, 5.41) is 18.9. The van der Waals surface area contributed by atoms with Crippen molar-refractivity contribution in [3.63, 3.8) is 0 Å². The molecule has 0 aliphatic carbocycles. The molecule has 0 aromatic heterocycles. The van der Waals surface area contributed by atoms with E-state index < -0.39 is 6.10 Å². The summed E-state index contributed by atoms with van der Waals surface area (Å²) in [6.07, 6.45) is -0.720. The molecule has 1 aromatic carbocycles. The monoisotopic (exact) mass is 293 g/mol. The van der Waals surface area contributed by atoms with Gasteiger partial charge in [0.1, 0.15) is 5.75 Å². The molecule has 0 aliphatic rings. The van der Waals surface area contributed by atoms with E-state index in [1.54, 1.807) is 19.1 Å². The van der Waals surface area contributed by atoms with Gasteiger partial charge >= 0.3 is 0 Å². The van der Waals surface area contributed by atoms with Crippen molar-refractivity contribution in [2.24, 2.45) is 5.73 Å². The molecular formula is C9H12INO2. The average Bonchev–Trinajstić information content (AvgIpc) is 2.08. The Morgan fingerprint density at radius 2 is 2.08 bits per heavy atom. The Morgan fingerprint density at radius 1 is 1.46 bits per heavy atom. The highest BCUT2D eigenvalue weighted by atomic mass is 127. The molecule has 0 spiro atoms. The zero-order valence-electron chi connectivity index (χ0n) is 7.24. The van der Waals surface area contributed by atoms with Gasteiger partial charge in [-0.05, 0) is 47.2 Å². The van der Waals surface area contributed by atoms with E-state index >= 15 is 0 Å². The predicted octanol–water partition coefficient (Wildman–Crippen LogP) is 1.38. The number of hydrogen-bond donors (Lipinski definition) is 3. The first-order valence-corrected chi connectivity index (χ1v) is 5.02. The Bertz CT molecular complexity index is 302. The van der Waals surface area contributed by atoms with E-state index in [1.807, 2.05) is 22.6 Å². The van der Waals surface area contributed by atoms with Crippen LogP contribution in [0.25, 0.3) is 0 Å². The van der Waals surface area contributed by atoms with Crippen LogP contribution >= 0.6 is 22.6 Å². The Balaban J connectivity index is 2.97. The van der Waals surface area contributed by atoms with Gasteiger partial charge in [0.2, 0.25) is 0 Å². The standard InChI is InChI=1S/C9H12INO2/c1-5(11)9(13)6-2-3-7(10)8(12)4-6/h2-5,9,12-13H,11H2,1H3/t5-,9-/m0/s1. The first-order chi connectivity index (χ1) is 6.02. The smallest absolute Gasteiger partial charge is 0.129 e. The molecule has 1 aromatic rings. The Kier molecular flexibility index (Phi) is 3.52. The van der Waals surface area contributed by atoms with Gasteiger partial charge < -0.3 is 15.9 Å². The van der Waals surface area contributed by atoms with Crippen LogP contribution in [0.2, 0.25) is 0 Å². The molecule has 0 bridgehead atoms. The van der Waals surface area contributed by atoms with Crippen LogP contribution in [0.4, 0.5) is 0 Å².